The molecule has 14 heavy (non-hydrogen) atoms. The Morgan fingerprint density at radius 1 is 1.36 bits per heavy atom. The fourth-order valence-corrected chi connectivity index (χ4v) is 2.18. The molecular formula is C11H21BrO2. The number of halogens is 1. The summed E-state index contributed by atoms with van der Waals surface area (Å²) in [4.78, 5) is 11.3. The quantitative estimate of drug-likeness (QED) is 0.544. The van der Waals surface area contributed by atoms with Gasteiger partial charge in [0.25, 0.3) is 0 Å². The topological polar surface area (TPSA) is 26.3 Å². The molecule has 0 aliphatic carbocycles. The molecule has 0 aromatic carbocycles. The van der Waals surface area contributed by atoms with Gasteiger partial charge in [0.15, 0.2) is 0 Å². The molecule has 0 fully saturated rings. The highest BCUT2D eigenvalue weighted by Gasteiger charge is 2.22. The van der Waals surface area contributed by atoms with Crippen LogP contribution in [0.4, 0.5) is 0 Å². The van der Waals surface area contributed by atoms with E-state index in [1.54, 1.807) is 0 Å². The van der Waals surface area contributed by atoms with Crippen molar-refractivity contribution >= 4 is 21.9 Å². The number of carbonyl (C=O) groups excluding carboxylic acids is 1. The molecule has 84 valence electrons. The number of hydrogen-bond acceptors (Lipinski definition) is 2. The molecule has 0 aromatic heterocycles. The Morgan fingerprint density at radius 3 is 2.29 bits per heavy atom. The summed E-state index contributed by atoms with van der Waals surface area (Å²) in [7, 11) is 0. The van der Waals surface area contributed by atoms with Gasteiger partial charge in [-0.3, -0.25) is 4.79 Å². The Hall–Kier alpha value is -0.0500. The summed E-state index contributed by atoms with van der Waals surface area (Å²) in [5.74, 6) is 1.45. The highest BCUT2D eigenvalue weighted by atomic mass is 79.9. The van der Waals surface area contributed by atoms with Crippen LogP contribution in [-0.4, -0.2) is 17.9 Å². The van der Waals surface area contributed by atoms with E-state index in [1.165, 1.54) is 0 Å². The van der Waals surface area contributed by atoms with Crippen LogP contribution in [0.5, 0.6) is 0 Å². The Labute approximate surface area is 95.5 Å². The van der Waals surface area contributed by atoms with E-state index in [1.807, 2.05) is 6.92 Å². The Kier molecular flexibility index (Phi) is 7.24. The Bertz CT molecular complexity index is 169. The van der Waals surface area contributed by atoms with Crippen molar-refractivity contribution in [1.29, 1.82) is 0 Å². The van der Waals surface area contributed by atoms with Crippen LogP contribution in [0.15, 0.2) is 0 Å². The van der Waals surface area contributed by atoms with E-state index in [0.717, 1.165) is 5.33 Å². The van der Waals surface area contributed by atoms with Crippen LogP contribution in [0.2, 0.25) is 0 Å². The summed E-state index contributed by atoms with van der Waals surface area (Å²) >= 11 is 3.46. The first-order valence-corrected chi connectivity index (χ1v) is 6.36. The monoisotopic (exact) mass is 264 g/mol. The molecule has 0 amide bonds. The molecule has 0 heterocycles. The summed E-state index contributed by atoms with van der Waals surface area (Å²) in [5.41, 5.74) is 0. The number of esters is 1. The molecule has 0 rings (SSSR count). The maximum Gasteiger partial charge on any atom is 0.306 e. The third kappa shape index (κ3) is 4.99. The predicted molar refractivity (Wildman–Crippen MR) is 62.5 cm³/mol. The van der Waals surface area contributed by atoms with Crippen molar-refractivity contribution in [3.8, 4) is 0 Å². The van der Waals surface area contributed by atoms with E-state index in [4.69, 9.17) is 4.74 Å². The molecule has 0 aliphatic rings. The molecule has 3 heteroatoms. The Morgan fingerprint density at radius 2 is 1.93 bits per heavy atom. The summed E-state index contributed by atoms with van der Waals surface area (Å²) in [6, 6.07) is 0. The van der Waals surface area contributed by atoms with E-state index in [0.29, 0.717) is 30.8 Å². The second-order valence-corrected chi connectivity index (χ2v) is 4.67. The van der Waals surface area contributed by atoms with Crippen molar-refractivity contribution in [2.24, 2.45) is 17.8 Å². The first-order chi connectivity index (χ1) is 6.52. The van der Waals surface area contributed by atoms with Gasteiger partial charge in [0.2, 0.25) is 0 Å². The van der Waals surface area contributed by atoms with E-state index in [2.05, 4.69) is 36.7 Å². The highest BCUT2D eigenvalue weighted by Crippen LogP contribution is 2.25. The van der Waals surface area contributed by atoms with E-state index < -0.39 is 0 Å². The third-order valence-corrected chi connectivity index (χ3v) is 3.56. The average Bonchev–Trinajstić information content (AvgIpc) is 2.13. The van der Waals surface area contributed by atoms with Crippen molar-refractivity contribution < 1.29 is 9.53 Å². The minimum absolute atomic E-state index is 0.0792. The van der Waals surface area contributed by atoms with Crippen molar-refractivity contribution in [2.45, 2.75) is 34.1 Å². The zero-order chi connectivity index (χ0) is 11.1. The molecule has 0 aliphatic heterocycles. The van der Waals surface area contributed by atoms with Gasteiger partial charge in [0, 0.05) is 11.8 Å². The van der Waals surface area contributed by atoms with Gasteiger partial charge in [-0.05, 0) is 24.7 Å². The molecular weight excluding hydrogens is 244 g/mol. The SMILES string of the molecule is CCOC(=O)C[C@@H](CBr)[C@@H](C)C(C)C. The van der Waals surface area contributed by atoms with Crippen LogP contribution in [-0.2, 0) is 9.53 Å². The maximum absolute atomic E-state index is 11.3. The van der Waals surface area contributed by atoms with Crippen molar-refractivity contribution in [1.82, 2.24) is 0 Å². The molecule has 0 saturated heterocycles. The molecule has 0 unspecified atom stereocenters. The molecule has 0 bridgehead atoms. The molecule has 2 nitrogen and oxygen atoms in total. The smallest absolute Gasteiger partial charge is 0.306 e. The Balaban J connectivity index is 4.08. The maximum atomic E-state index is 11.3. The largest absolute Gasteiger partial charge is 0.466 e. The minimum Gasteiger partial charge on any atom is -0.466 e. The summed E-state index contributed by atoms with van der Waals surface area (Å²) in [5, 5.41) is 0.866. The zero-order valence-corrected chi connectivity index (χ0v) is 11.1. The predicted octanol–water partition coefficient (Wildman–Crippen LogP) is 3.24. The number of rotatable bonds is 6. The van der Waals surface area contributed by atoms with Crippen molar-refractivity contribution in [2.75, 3.05) is 11.9 Å². The van der Waals surface area contributed by atoms with E-state index >= 15 is 0 Å². The lowest BCUT2D eigenvalue weighted by atomic mass is 9.84. The van der Waals surface area contributed by atoms with Gasteiger partial charge in [-0.2, -0.15) is 0 Å². The van der Waals surface area contributed by atoms with Crippen LogP contribution in [0.3, 0.4) is 0 Å². The summed E-state index contributed by atoms with van der Waals surface area (Å²) in [6.45, 7) is 8.88. The highest BCUT2D eigenvalue weighted by molar-refractivity contribution is 9.09. The van der Waals surface area contributed by atoms with Gasteiger partial charge in [0.1, 0.15) is 0 Å². The number of alkyl halides is 1. The van der Waals surface area contributed by atoms with Crippen LogP contribution >= 0.6 is 15.9 Å². The van der Waals surface area contributed by atoms with E-state index in [-0.39, 0.29) is 5.97 Å². The van der Waals surface area contributed by atoms with Gasteiger partial charge < -0.3 is 4.74 Å². The fourth-order valence-electron chi connectivity index (χ4n) is 1.36. The third-order valence-electron chi connectivity index (χ3n) is 2.73. The fraction of sp³-hybridized carbons (Fsp3) is 0.909. The first-order valence-electron chi connectivity index (χ1n) is 5.24. The van der Waals surface area contributed by atoms with Gasteiger partial charge >= 0.3 is 5.97 Å². The zero-order valence-electron chi connectivity index (χ0n) is 9.55. The lowest BCUT2D eigenvalue weighted by molar-refractivity contribution is -0.144. The van der Waals surface area contributed by atoms with Crippen LogP contribution < -0.4 is 0 Å². The number of ether oxygens (including phenoxy) is 1. The van der Waals surface area contributed by atoms with E-state index in [9.17, 15) is 4.79 Å². The number of carbonyl (C=O) groups is 1. The molecule has 2 atom stereocenters. The van der Waals surface area contributed by atoms with Crippen molar-refractivity contribution in [3.05, 3.63) is 0 Å². The standard InChI is InChI=1S/C11H21BrO2/c1-5-14-11(13)6-10(7-12)9(4)8(2)3/h8-10H,5-7H2,1-4H3/t9-,10-/m0/s1. The minimum atomic E-state index is -0.0792. The van der Waals surface area contributed by atoms with Gasteiger partial charge in [-0.1, -0.05) is 36.7 Å². The second kappa shape index (κ2) is 7.27. The first kappa shape index (κ1) is 13.9. The molecule has 0 N–H and O–H groups in total. The summed E-state index contributed by atoms with van der Waals surface area (Å²) in [6.07, 6.45) is 0.526. The summed E-state index contributed by atoms with van der Waals surface area (Å²) < 4.78 is 4.94. The van der Waals surface area contributed by atoms with Crippen LogP contribution in [0.1, 0.15) is 34.1 Å². The molecule has 0 saturated carbocycles. The van der Waals surface area contributed by atoms with Gasteiger partial charge in [0.05, 0.1) is 6.61 Å². The normalized spacial score (nSPS) is 15.3. The van der Waals surface area contributed by atoms with Gasteiger partial charge in [-0.15, -0.1) is 0 Å². The van der Waals surface area contributed by atoms with Crippen molar-refractivity contribution in [3.63, 3.8) is 0 Å². The van der Waals surface area contributed by atoms with Crippen LogP contribution in [0.25, 0.3) is 0 Å². The average molecular weight is 265 g/mol. The van der Waals surface area contributed by atoms with Gasteiger partial charge in [-0.25, -0.2) is 0 Å². The lowest BCUT2D eigenvalue weighted by Crippen LogP contribution is -2.22. The molecule has 0 radical (unpaired) electrons. The molecule has 0 spiro atoms. The lowest BCUT2D eigenvalue weighted by Gasteiger charge is -2.24. The van der Waals surface area contributed by atoms with Crippen LogP contribution in [0, 0.1) is 17.8 Å². The second-order valence-electron chi connectivity index (χ2n) is 4.03. The molecule has 0 aromatic rings. The number of hydrogen-bond donors (Lipinski definition) is 0.